The van der Waals surface area contributed by atoms with Crippen LogP contribution >= 0.6 is 0 Å². The molecule has 7 heteroatoms. The lowest BCUT2D eigenvalue weighted by Gasteiger charge is -2.14. The minimum Gasteiger partial charge on any atom is -0.478 e. The lowest BCUT2D eigenvalue weighted by atomic mass is 9.98. The van der Waals surface area contributed by atoms with Gasteiger partial charge in [0.25, 0.3) is 0 Å². The third-order valence-corrected chi connectivity index (χ3v) is 5.46. The highest BCUT2D eigenvalue weighted by Crippen LogP contribution is 2.44. The van der Waals surface area contributed by atoms with E-state index < -0.39 is 17.9 Å². The number of amides is 1. The number of carboxylic acids is 1. The number of fused-ring (bicyclic) bond motifs is 3. The molecule has 166 valence electrons. The van der Waals surface area contributed by atoms with Crippen molar-refractivity contribution in [3.63, 3.8) is 0 Å². The molecule has 0 heterocycles. The largest absolute Gasteiger partial charge is 0.478 e. The SMILES string of the molecule is Nc1c(C#CCCNC(=O)OCC2c3ccccc3-c3ccccc32)cc(F)cc1C(=O)O. The number of carbonyl (C=O) groups is 2. The summed E-state index contributed by atoms with van der Waals surface area (Å²) in [6.07, 6.45) is -0.306. The van der Waals surface area contributed by atoms with Crippen LogP contribution in [0.2, 0.25) is 0 Å². The van der Waals surface area contributed by atoms with Gasteiger partial charge in [0.05, 0.1) is 16.8 Å². The molecule has 0 fully saturated rings. The lowest BCUT2D eigenvalue weighted by molar-refractivity contribution is 0.0697. The van der Waals surface area contributed by atoms with Gasteiger partial charge in [0.2, 0.25) is 0 Å². The Hall–Kier alpha value is -4.31. The minimum absolute atomic E-state index is 0.0256. The van der Waals surface area contributed by atoms with Gasteiger partial charge in [-0.25, -0.2) is 14.0 Å². The number of rotatable bonds is 5. The number of nitrogens with two attached hydrogens (primary N) is 1. The van der Waals surface area contributed by atoms with Gasteiger partial charge in [-0.3, -0.25) is 0 Å². The molecule has 0 radical (unpaired) electrons. The molecule has 0 saturated carbocycles. The number of hydrogen-bond donors (Lipinski definition) is 3. The first-order valence-electron chi connectivity index (χ1n) is 10.4. The fourth-order valence-electron chi connectivity index (χ4n) is 3.93. The Morgan fingerprint density at radius 3 is 2.33 bits per heavy atom. The first-order chi connectivity index (χ1) is 16.0. The molecule has 0 saturated heterocycles. The smallest absolute Gasteiger partial charge is 0.407 e. The van der Waals surface area contributed by atoms with Crippen LogP contribution in [0.4, 0.5) is 14.9 Å². The molecule has 0 atom stereocenters. The first-order valence-corrected chi connectivity index (χ1v) is 10.4. The van der Waals surface area contributed by atoms with Gasteiger partial charge in [-0.1, -0.05) is 60.4 Å². The number of nitrogen functional groups attached to an aromatic ring is 1. The number of ether oxygens (including phenoxy) is 1. The first kappa shape index (κ1) is 21.9. The zero-order valence-electron chi connectivity index (χ0n) is 17.6. The molecule has 0 aliphatic heterocycles. The number of carboxylic acid groups (broad SMARTS) is 1. The Kier molecular flexibility index (Phi) is 6.27. The van der Waals surface area contributed by atoms with Crippen LogP contribution in [0.15, 0.2) is 60.7 Å². The maximum absolute atomic E-state index is 13.6. The molecule has 1 aliphatic carbocycles. The molecule has 1 amide bonds. The summed E-state index contributed by atoms with van der Waals surface area (Å²) in [4.78, 5) is 23.3. The molecule has 0 spiro atoms. The molecular weight excluding hydrogens is 423 g/mol. The molecule has 6 nitrogen and oxygen atoms in total. The van der Waals surface area contributed by atoms with E-state index in [2.05, 4.69) is 29.3 Å². The fourth-order valence-corrected chi connectivity index (χ4v) is 3.93. The average Bonchev–Trinajstić information content (AvgIpc) is 3.13. The van der Waals surface area contributed by atoms with Crippen LogP contribution in [0.3, 0.4) is 0 Å². The number of halogens is 1. The number of benzene rings is 3. The average molecular weight is 444 g/mol. The fraction of sp³-hybridized carbons (Fsp3) is 0.154. The third-order valence-electron chi connectivity index (χ3n) is 5.46. The Labute approximate surface area is 190 Å². The van der Waals surface area contributed by atoms with Gasteiger partial charge < -0.3 is 20.9 Å². The minimum atomic E-state index is -1.33. The second-order valence-corrected chi connectivity index (χ2v) is 7.52. The highest BCUT2D eigenvalue weighted by molar-refractivity contribution is 5.95. The Morgan fingerprint density at radius 2 is 1.70 bits per heavy atom. The van der Waals surface area contributed by atoms with E-state index in [1.54, 1.807) is 0 Å². The van der Waals surface area contributed by atoms with E-state index in [1.165, 1.54) is 0 Å². The maximum atomic E-state index is 13.6. The van der Waals surface area contributed by atoms with Gasteiger partial charge in [-0.05, 0) is 34.4 Å². The molecule has 4 rings (SSSR count). The molecular formula is C26H21FN2O4. The second-order valence-electron chi connectivity index (χ2n) is 7.52. The maximum Gasteiger partial charge on any atom is 0.407 e. The van der Waals surface area contributed by atoms with Crippen LogP contribution in [-0.4, -0.2) is 30.3 Å². The summed E-state index contributed by atoms with van der Waals surface area (Å²) in [5, 5.41) is 11.7. The van der Waals surface area contributed by atoms with Crippen molar-refractivity contribution in [2.45, 2.75) is 12.3 Å². The van der Waals surface area contributed by atoms with E-state index in [4.69, 9.17) is 15.6 Å². The summed E-state index contributed by atoms with van der Waals surface area (Å²) in [5.74, 6) is 3.32. The summed E-state index contributed by atoms with van der Waals surface area (Å²) in [6, 6.07) is 18.1. The number of carbonyl (C=O) groups excluding carboxylic acids is 1. The number of aromatic carboxylic acids is 1. The summed E-state index contributed by atoms with van der Waals surface area (Å²) in [7, 11) is 0. The van der Waals surface area contributed by atoms with Crippen LogP contribution < -0.4 is 11.1 Å². The Morgan fingerprint density at radius 1 is 1.06 bits per heavy atom. The van der Waals surface area contributed by atoms with E-state index in [-0.39, 0.29) is 42.3 Å². The monoisotopic (exact) mass is 444 g/mol. The van der Waals surface area contributed by atoms with Crippen molar-refractivity contribution in [2.24, 2.45) is 0 Å². The van der Waals surface area contributed by atoms with E-state index >= 15 is 0 Å². The van der Waals surface area contributed by atoms with Crippen LogP contribution in [-0.2, 0) is 4.74 Å². The topological polar surface area (TPSA) is 102 Å². The van der Waals surface area contributed by atoms with E-state index in [1.807, 2.05) is 36.4 Å². The van der Waals surface area contributed by atoms with E-state index in [0.717, 1.165) is 34.4 Å². The zero-order chi connectivity index (χ0) is 23.4. The number of nitrogens with one attached hydrogen (secondary N) is 1. The van der Waals surface area contributed by atoms with Crippen molar-refractivity contribution in [3.8, 4) is 23.0 Å². The predicted molar refractivity (Wildman–Crippen MR) is 122 cm³/mol. The van der Waals surface area contributed by atoms with Crippen molar-refractivity contribution in [1.82, 2.24) is 5.32 Å². The predicted octanol–water partition coefficient (Wildman–Crippen LogP) is 4.39. The highest BCUT2D eigenvalue weighted by Gasteiger charge is 2.28. The van der Waals surface area contributed by atoms with Crippen molar-refractivity contribution >= 4 is 17.7 Å². The van der Waals surface area contributed by atoms with Crippen LogP contribution in [0.5, 0.6) is 0 Å². The number of alkyl carbamates (subject to hydrolysis) is 1. The summed E-state index contributed by atoms with van der Waals surface area (Å²) in [5.41, 5.74) is 9.97. The summed E-state index contributed by atoms with van der Waals surface area (Å²) >= 11 is 0. The molecule has 0 unspecified atom stereocenters. The van der Waals surface area contributed by atoms with Gasteiger partial charge in [0, 0.05) is 18.9 Å². The van der Waals surface area contributed by atoms with Gasteiger partial charge in [-0.2, -0.15) is 0 Å². The van der Waals surface area contributed by atoms with Crippen molar-refractivity contribution in [1.29, 1.82) is 0 Å². The Bertz CT molecular complexity index is 1250. The van der Waals surface area contributed by atoms with Crippen molar-refractivity contribution in [3.05, 3.63) is 88.7 Å². The second kappa shape index (κ2) is 9.45. The summed E-state index contributed by atoms with van der Waals surface area (Å²) in [6.45, 7) is 0.425. The number of anilines is 1. The van der Waals surface area contributed by atoms with E-state index in [9.17, 15) is 14.0 Å². The lowest BCUT2D eigenvalue weighted by Crippen LogP contribution is -2.26. The van der Waals surface area contributed by atoms with Crippen LogP contribution in [0, 0.1) is 17.7 Å². The van der Waals surface area contributed by atoms with Gasteiger partial charge in [0.1, 0.15) is 12.4 Å². The summed E-state index contributed by atoms with van der Waals surface area (Å²) < 4.78 is 19.0. The molecule has 33 heavy (non-hydrogen) atoms. The normalized spacial score (nSPS) is 11.7. The van der Waals surface area contributed by atoms with Crippen molar-refractivity contribution in [2.75, 3.05) is 18.9 Å². The van der Waals surface area contributed by atoms with Gasteiger partial charge >= 0.3 is 12.1 Å². The molecule has 0 bridgehead atoms. The van der Waals surface area contributed by atoms with Gasteiger partial charge in [-0.15, -0.1) is 0 Å². The van der Waals surface area contributed by atoms with Gasteiger partial charge in [0.15, 0.2) is 0 Å². The highest BCUT2D eigenvalue weighted by atomic mass is 19.1. The van der Waals surface area contributed by atoms with E-state index in [0.29, 0.717) is 0 Å². The van der Waals surface area contributed by atoms with Crippen molar-refractivity contribution < 1.29 is 23.8 Å². The standard InChI is InChI=1S/C26H21FN2O4/c27-17-13-16(24(28)22(14-17)25(30)31)7-5-6-12-29-26(32)33-15-23-20-10-3-1-8-18(20)19-9-2-4-11-21(19)23/h1-4,8-11,13-14,23H,6,12,15,28H2,(H,29,32)(H,30,31). The third kappa shape index (κ3) is 4.65. The zero-order valence-corrected chi connectivity index (χ0v) is 17.6. The Balaban J connectivity index is 1.31. The van der Waals surface area contributed by atoms with Crippen LogP contribution in [0.1, 0.15) is 39.4 Å². The molecule has 0 aromatic heterocycles. The molecule has 4 N–H and O–H groups in total. The molecule has 3 aromatic rings. The molecule has 1 aliphatic rings. The quantitative estimate of drug-likeness (QED) is 0.308. The van der Waals surface area contributed by atoms with Crippen LogP contribution in [0.25, 0.3) is 11.1 Å². The number of hydrogen-bond acceptors (Lipinski definition) is 4. The molecule has 3 aromatic carbocycles.